The van der Waals surface area contributed by atoms with Gasteiger partial charge in [0.2, 0.25) is 0 Å². The molecule has 3 rings (SSSR count). The normalized spacial score (nSPS) is 17.4. The molecule has 2 aromatic rings. The molecule has 0 saturated carbocycles. The molecule has 1 aliphatic heterocycles. The number of nitrogens with zero attached hydrogens (tertiary/aromatic N) is 1. The SMILES string of the molecule is CC1c2ccccc2CCN1C(=O)c1cc(C(=O)O)co1. The molecule has 0 bridgehead atoms. The molecule has 0 aliphatic carbocycles. The van der Waals surface area contributed by atoms with E-state index < -0.39 is 5.97 Å². The number of carbonyl (C=O) groups excluding carboxylic acids is 1. The van der Waals surface area contributed by atoms with Crippen LogP contribution < -0.4 is 0 Å². The molecule has 0 spiro atoms. The predicted octanol–water partition coefficient (Wildman–Crippen LogP) is 2.74. The Hall–Kier alpha value is -2.56. The minimum absolute atomic E-state index is 0.0107. The molecule has 0 fully saturated rings. The molecule has 1 unspecified atom stereocenters. The van der Waals surface area contributed by atoms with E-state index in [1.807, 2.05) is 25.1 Å². The second kappa shape index (κ2) is 5.09. The lowest BCUT2D eigenvalue weighted by Gasteiger charge is -2.34. The minimum Gasteiger partial charge on any atom is -0.478 e. The highest BCUT2D eigenvalue weighted by atomic mass is 16.4. The van der Waals surface area contributed by atoms with Crippen molar-refractivity contribution in [1.82, 2.24) is 4.90 Å². The van der Waals surface area contributed by atoms with Crippen molar-refractivity contribution in [2.75, 3.05) is 6.54 Å². The Bertz CT molecular complexity index is 704. The van der Waals surface area contributed by atoms with Gasteiger partial charge in [0, 0.05) is 12.6 Å². The average Bonchev–Trinajstić information content (AvgIpc) is 2.97. The van der Waals surface area contributed by atoms with Crippen LogP contribution in [0.25, 0.3) is 0 Å². The lowest BCUT2D eigenvalue weighted by Crippen LogP contribution is -2.38. The Balaban J connectivity index is 1.87. The van der Waals surface area contributed by atoms with E-state index in [0.29, 0.717) is 6.54 Å². The summed E-state index contributed by atoms with van der Waals surface area (Å²) < 4.78 is 5.11. The van der Waals surface area contributed by atoms with Crippen molar-refractivity contribution in [3.63, 3.8) is 0 Å². The van der Waals surface area contributed by atoms with Crippen LogP contribution in [0.15, 0.2) is 41.0 Å². The third-order valence-corrected chi connectivity index (χ3v) is 3.91. The van der Waals surface area contributed by atoms with Gasteiger partial charge in [0.25, 0.3) is 5.91 Å². The molecule has 5 nitrogen and oxygen atoms in total. The van der Waals surface area contributed by atoms with E-state index in [4.69, 9.17) is 9.52 Å². The molecule has 5 heteroatoms. The van der Waals surface area contributed by atoms with Crippen LogP contribution in [0.1, 0.15) is 45.0 Å². The van der Waals surface area contributed by atoms with Gasteiger partial charge in [-0.1, -0.05) is 24.3 Å². The molecule has 1 aliphatic rings. The van der Waals surface area contributed by atoms with Gasteiger partial charge in [0.1, 0.15) is 6.26 Å². The summed E-state index contributed by atoms with van der Waals surface area (Å²) in [5, 5.41) is 8.89. The first kappa shape index (κ1) is 13.4. The van der Waals surface area contributed by atoms with Gasteiger partial charge in [0.05, 0.1) is 11.6 Å². The molecular weight excluding hydrogens is 270 g/mol. The first-order valence-corrected chi connectivity index (χ1v) is 6.78. The zero-order valence-electron chi connectivity index (χ0n) is 11.6. The Morgan fingerprint density at radius 1 is 1.33 bits per heavy atom. The van der Waals surface area contributed by atoms with Gasteiger partial charge >= 0.3 is 5.97 Å². The summed E-state index contributed by atoms with van der Waals surface area (Å²) in [4.78, 5) is 25.1. The lowest BCUT2D eigenvalue weighted by atomic mass is 9.93. The molecule has 0 saturated heterocycles. The standard InChI is InChI=1S/C16H15NO4/c1-10-13-5-3-2-4-11(13)6-7-17(10)15(18)14-8-12(9-21-14)16(19)20/h2-5,8-10H,6-7H2,1H3,(H,19,20). The molecule has 1 N–H and O–H groups in total. The summed E-state index contributed by atoms with van der Waals surface area (Å²) >= 11 is 0. The fraction of sp³-hybridized carbons (Fsp3) is 0.250. The minimum atomic E-state index is -1.10. The monoisotopic (exact) mass is 285 g/mol. The number of carboxylic acids is 1. The number of benzene rings is 1. The number of carbonyl (C=O) groups is 2. The van der Waals surface area contributed by atoms with Crippen LogP contribution >= 0.6 is 0 Å². The first-order valence-electron chi connectivity index (χ1n) is 6.78. The highest BCUT2D eigenvalue weighted by Crippen LogP contribution is 2.30. The van der Waals surface area contributed by atoms with Gasteiger partial charge in [-0.2, -0.15) is 0 Å². The average molecular weight is 285 g/mol. The molecule has 2 heterocycles. The molecule has 1 atom stereocenters. The molecule has 21 heavy (non-hydrogen) atoms. The predicted molar refractivity (Wildman–Crippen MR) is 75.3 cm³/mol. The highest BCUT2D eigenvalue weighted by Gasteiger charge is 2.29. The third-order valence-electron chi connectivity index (χ3n) is 3.91. The van der Waals surface area contributed by atoms with E-state index in [2.05, 4.69) is 6.07 Å². The van der Waals surface area contributed by atoms with E-state index in [1.165, 1.54) is 11.6 Å². The van der Waals surface area contributed by atoms with E-state index in [1.54, 1.807) is 4.90 Å². The first-order chi connectivity index (χ1) is 10.1. The van der Waals surface area contributed by atoms with Crippen LogP contribution in [-0.4, -0.2) is 28.4 Å². The third kappa shape index (κ3) is 2.31. The van der Waals surface area contributed by atoms with Crippen molar-refractivity contribution in [3.8, 4) is 0 Å². The van der Waals surface area contributed by atoms with Gasteiger partial charge in [-0.15, -0.1) is 0 Å². The number of furan rings is 1. The number of rotatable bonds is 2. The topological polar surface area (TPSA) is 70.8 Å². The lowest BCUT2D eigenvalue weighted by molar-refractivity contribution is 0.0643. The Morgan fingerprint density at radius 3 is 2.81 bits per heavy atom. The van der Waals surface area contributed by atoms with E-state index in [-0.39, 0.29) is 23.3 Å². The number of amides is 1. The molecule has 1 amide bonds. The molecule has 1 aromatic heterocycles. The van der Waals surface area contributed by atoms with Crippen LogP contribution in [0.3, 0.4) is 0 Å². The number of aromatic carboxylic acids is 1. The quantitative estimate of drug-likeness (QED) is 0.921. The summed E-state index contributed by atoms with van der Waals surface area (Å²) in [5.74, 6) is -1.31. The van der Waals surface area contributed by atoms with E-state index in [9.17, 15) is 9.59 Å². The summed E-state index contributed by atoms with van der Waals surface area (Å²) in [5.41, 5.74) is 2.37. The fourth-order valence-electron chi connectivity index (χ4n) is 2.75. The van der Waals surface area contributed by atoms with Gasteiger partial charge in [0.15, 0.2) is 5.76 Å². The Labute approximate surface area is 121 Å². The van der Waals surface area contributed by atoms with Gasteiger partial charge in [-0.25, -0.2) is 4.79 Å². The highest BCUT2D eigenvalue weighted by molar-refractivity contribution is 5.95. The molecule has 0 radical (unpaired) electrons. The van der Waals surface area contributed by atoms with Crippen LogP contribution in [-0.2, 0) is 6.42 Å². The van der Waals surface area contributed by atoms with Crippen molar-refractivity contribution in [2.24, 2.45) is 0 Å². The van der Waals surface area contributed by atoms with Crippen molar-refractivity contribution >= 4 is 11.9 Å². The second-order valence-electron chi connectivity index (χ2n) is 5.13. The van der Waals surface area contributed by atoms with Crippen LogP contribution in [0.5, 0.6) is 0 Å². The maximum atomic E-state index is 12.5. The Kier molecular flexibility index (Phi) is 3.25. The van der Waals surface area contributed by atoms with Crippen molar-refractivity contribution in [3.05, 3.63) is 59.0 Å². The summed E-state index contributed by atoms with van der Waals surface area (Å²) in [6.07, 6.45) is 1.89. The zero-order valence-corrected chi connectivity index (χ0v) is 11.6. The number of fused-ring (bicyclic) bond motifs is 1. The van der Waals surface area contributed by atoms with E-state index in [0.717, 1.165) is 18.2 Å². The van der Waals surface area contributed by atoms with Gasteiger partial charge < -0.3 is 14.4 Å². The van der Waals surface area contributed by atoms with Crippen LogP contribution in [0.2, 0.25) is 0 Å². The maximum absolute atomic E-state index is 12.5. The summed E-state index contributed by atoms with van der Waals surface area (Å²) in [6.45, 7) is 2.57. The molecular formula is C16H15NO4. The number of hydrogen-bond acceptors (Lipinski definition) is 3. The number of hydrogen-bond donors (Lipinski definition) is 1. The molecule has 108 valence electrons. The van der Waals surface area contributed by atoms with Crippen molar-refractivity contribution in [2.45, 2.75) is 19.4 Å². The van der Waals surface area contributed by atoms with Crippen LogP contribution in [0, 0.1) is 0 Å². The summed E-state index contributed by atoms with van der Waals surface area (Å²) in [6, 6.07) is 9.26. The Morgan fingerprint density at radius 2 is 2.10 bits per heavy atom. The van der Waals surface area contributed by atoms with E-state index >= 15 is 0 Å². The van der Waals surface area contributed by atoms with Crippen LogP contribution in [0.4, 0.5) is 0 Å². The van der Waals surface area contributed by atoms with Gasteiger partial charge in [-0.3, -0.25) is 4.79 Å². The van der Waals surface area contributed by atoms with Crippen molar-refractivity contribution in [1.29, 1.82) is 0 Å². The zero-order chi connectivity index (χ0) is 15.0. The fourth-order valence-corrected chi connectivity index (χ4v) is 2.75. The smallest absolute Gasteiger partial charge is 0.338 e. The van der Waals surface area contributed by atoms with Gasteiger partial charge in [-0.05, 0) is 24.5 Å². The number of carboxylic acid groups (broad SMARTS) is 1. The van der Waals surface area contributed by atoms with Crippen molar-refractivity contribution < 1.29 is 19.1 Å². The largest absolute Gasteiger partial charge is 0.478 e. The molecule has 1 aromatic carbocycles. The summed E-state index contributed by atoms with van der Waals surface area (Å²) in [7, 11) is 0. The maximum Gasteiger partial charge on any atom is 0.338 e. The second-order valence-corrected chi connectivity index (χ2v) is 5.13.